The predicted molar refractivity (Wildman–Crippen MR) is 121 cm³/mol. The summed E-state index contributed by atoms with van der Waals surface area (Å²) >= 11 is 0. The maximum Gasteiger partial charge on any atom is 0.438 e. The summed E-state index contributed by atoms with van der Waals surface area (Å²) in [5.41, 5.74) is -1.01. The highest BCUT2D eigenvalue weighted by molar-refractivity contribution is 5.84. The first-order valence-electron chi connectivity index (χ1n) is 11.4. The molecule has 33 heavy (non-hydrogen) atoms. The molecular formula is C23H32F3N5O2. The van der Waals surface area contributed by atoms with Gasteiger partial charge < -0.3 is 15.1 Å². The number of hydrogen-bond donors (Lipinski definition) is 1. The summed E-state index contributed by atoms with van der Waals surface area (Å²) in [4.78, 5) is 33.9. The zero-order valence-corrected chi connectivity index (χ0v) is 19.6. The Hall–Kier alpha value is -2.46. The number of aryl methyl sites for hydroxylation is 2. The standard InChI is InChI=1S/C23H32F3N5O2/c1-5-29-9-11-30(12-10-29)8-6-7-27-21(32)17(4)31-19-14-16(3)15(2)13-18(19)28-20(22(31)33)23(24,25)26/h13-14,17H,5-12H2,1-4H3,(H,27,32). The number of alkyl halides is 3. The van der Waals surface area contributed by atoms with Gasteiger partial charge in [-0.1, -0.05) is 6.92 Å². The van der Waals surface area contributed by atoms with E-state index in [-0.39, 0.29) is 11.0 Å². The lowest BCUT2D eigenvalue weighted by molar-refractivity contribution is -0.142. The molecule has 0 saturated carbocycles. The molecule has 1 aromatic carbocycles. The van der Waals surface area contributed by atoms with E-state index >= 15 is 0 Å². The molecule has 2 aromatic rings. The number of aromatic nitrogens is 2. The van der Waals surface area contributed by atoms with Crippen LogP contribution in [0.2, 0.25) is 0 Å². The first kappa shape index (κ1) is 25.2. The van der Waals surface area contributed by atoms with Crippen LogP contribution in [0.25, 0.3) is 11.0 Å². The van der Waals surface area contributed by atoms with Gasteiger partial charge in [0.2, 0.25) is 11.6 Å². The number of rotatable bonds is 7. The Morgan fingerprint density at radius 1 is 1.12 bits per heavy atom. The van der Waals surface area contributed by atoms with Crippen LogP contribution in [-0.4, -0.2) is 71.1 Å². The monoisotopic (exact) mass is 467 g/mol. The van der Waals surface area contributed by atoms with Crippen LogP contribution in [-0.2, 0) is 11.0 Å². The van der Waals surface area contributed by atoms with Crippen LogP contribution in [0.5, 0.6) is 0 Å². The number of carbonyl (C=O) groups excluding carboxylic acids is 1. The smallest absolute Gasteiger partial charge is 0.354 e. The Balaban J connectivity index is 1.74. The molecule has 1 N–H and O–H groups in total. The lowest BCUT2D eigenvalue weighted by Gasteiger charge is -2.34. The quantitative estimate of drug-likeness (QED) is 0.635. The minimum Gasteiger partial charge on any atom is -0.354 e. The number of amides is 1. The number of carbonyl (C=O) groups is 1. The Morgan fingerprint density at radius 3 is 2.33 bits per heavy atom. The van der Waals surface area contributed by atoms with Crippen molar-refractivity contribution in [2.75, 3.05) is 45.8 Å². The Morgan fingerprint density at radius 2 is 1.73 bits per heavy atom. The molecule has 1 aromatic heterocycles. The zero-order chi connectivity index (χ0) is 24.3. The maximum atomic E-state index is 13.5. The van der Waals surface area contributed by atoms with Crippen molar-refractivity contribution in [3.8, 4) is 0 Å². The van der Waals surface area contributed by atoms with Gasteiger partial charge in [-0.3, -0.25) is 14.2 Å². The first-order chi connectivity index (χ1) is 15.5. The molecule has 7 nitrogen and oxygen atoms in total. The van der Waals surface area contributed by atoms with Crippen molar-refractivity contribution in [1.29, 1.82) is 0 Å². The van der Waals surface area contributed by atoms with Gasteiger partial charge >= 0.3 is 6.18 Å². The largest absolute Gasteiger partial charge is 0.438 e. The Bertz CT molecular complexity index is 1060. The van der Waals surface area contributed by atoms with Gasteiger partial charge in [0.1, 0.15) is 6.04 Å². The van der Waals surface area contributed by atoms with Crippen LogP contribution in [0, 0.1) is 13.8 Å². The molecule has 1 saturated heterocycles. The third kappa shape index (κ3) is 5.73. The van der Waals surface area contributed by atoms with Crippen LogP contribution in [0.1, 0.15) is 43.1 Å². The summed E-state index contributed by atoms with van der Waals surface area (Å²) in [5.74, 6) is -0.494. The molecule has 1 aliphatic rings. The van der Waals surface area contributed by atoms with Crippen molar-refractivity contribution in [3.05, 3.63) is 39.3 Å². The third-order valence-corrected chi connectivity index (χ3v) is 6.40. The molecule has 1 amide bonds. The molecule has 0 aliphatic carbocycles. The number of benzene rings is 1. The van der Waals surface area contributed by atoms with Crippen LogP contribution >= 0.6 is 0 Å². The molecule has 0 spiro atoms. The highest BCUT2D eigenvalue weighted by Crippen LogP contribution is 2.28. The number of fused-ring (bicyclic) bond motifs is 1. The summed E-state index contributed by atoms with van der Waals surface area (Å²) in [6.45, 7) is 13.4. The van der Waals surface area contributed by atoms with Crippen LogP contribution in [0.4, 0.5) is 13.2 Å². The number of nitrogens with zero attached hydrogens (tertiary/aromatic N) is 4. The number of halogens is 3. The second-order valence-electron chi connectivity index (χ2n) is 8.65. The number of likely N-dealkylation sites (N-methyl/N-ethyl adjacent to an activating group) is 1. The zero-order valence-electron chi connectivity index (χ0n) is 19.6. The predicted octanol–water partition coefficient (Wildman–Crippen LogP) is 2.74. The fraction of sp³-hybridized carbons (Fsp3) is 0.609. The second kappa shape index (κ2) is 10.2. The minimum absolute atomic E-state index is 0.0379. The average Bonchev–Trinajstić information content (AvgIpc) is 2.76. The highest BCUT2D eigenvalue weighted by atomic mass is 19.4. The van der Waals surface area contributed by atoms with Crippen LogP contribution in [0.3, 0.4) is 0 Å². The van der Waals surface area contributed by atoms with E-state index in [1.165, 1.54) is 13.0 Å². The van der Waals surface area contributed by atoms with Gasteiger partial charge in [0.15, 0.2) is 0 Å². The fourth-order valence-corrected chi connectivity index (χ4v) is 4.14. The van der Waals surface area contributed by atoms with Crippen molar-refractivity contribution in [2.45, 2.75) is 46.3 Å². The van der Waals surface area contributed by atoms with Crippen molar-refractivity contribution in [3.63, 3.8) is 0 Å². The molecule has 3 rings (SSSR count). The fourth-order valence-electron chi connectivity index (χ4n) is 4.14. The second-order valence-corrected chi connectivity index (χ2v) is 8.65. The average molecular weight is 468 g/mol. The van der Waals surface area contributed by atoms with E-state index in [9.17, 15) is 22.8 Å². The van der Waals surface area contributed by atoms with Gasteiger partial charge in [0.05, 0.1) is 11.0 Å². The lowest BCUT2D eigenvalue weighted by atomic mass is 10.1. The van der Waals surface area contributed by atoms with E-state index in [2.05, 4.69) is 27.0 Å². The Labute approximate surface area is 191 Å². The third-order valence-electron chi connectivity index (χ3n) is 6.40. The molecular weight excluding hydrogens is 435 g/mol. The number of piperazine rings is 1. The molecule has 0 bridgehead atoms. The van der Waals surface area contributed by atoms with Crippen molar-refractivity contribution in [2.24, 2.45) is 0 Å². The van der Waals surface area contributed by atoms with Gasteiger partial charge in [0.25, 0.3) is 5.56 Å². The number of nitrogens with one attached hydrogen (secondary N) is 1. The number of hydrogen-bond acceptors (Lipinski definition) is 5. The molecule has 1 fully saturated rings. The first-order valence-corrected chi connectivity index (χ1v) is 11.4. The van der Waals surface area contributed by atoms with Gasteiger partial charge in [-0.15, -0.1) is 0 Å². The molecule has 2 heterocycles. The van der Waals surface area contributed by atoms with Crippen molar-refractivity contribution >= 4 is 16.9 Å². The van der Waals surface area contributed by atoms with E-state index in [0.717, 1.165) is 61.4 Å². The van der Waals surface area contributed by atoms with Crippen molar-refractivity contribution in [1.82, 2.24) is 24.7 Å². The van der Waals surface area contributed by atoms with Crippen LogP contribution < -0.4 is 10.9 Å². The van der Waals surface area contributed by atoms with E-state index < -0.39 is 29.4 Å². The van der Waals surface area contributed by atoms with E-state index in [0.29, 0.717) is 6.54 Å². The molecule has 1 unspecified atom stereocenters. The highest BCUT2D eigenvalue weighted by Gasteiger charge is 2.38. The van der Waals surface area contributed by atoms with E-state index in [1.54, 1.807) is 19.9 Å². The van der Waals surface area contributed by atoms with E-state index in [4.69, 9.17) is 0 Å². The Kier molecular flexibility index (Phi) is 7.79. The molecule has 10 heteroatoms. The minimum atomic E-state index is -4.91. The maximum absolute atomic E-state index is 13.5. The summed E-state index contributed by atoms with van der Waals surface area (Å²) in [6, 6.07) is 2.01. The van der Waals surface area contributed by atoms with E-state index in [1.807, 2.05) is 0 Å². The molecule has 1 atom stereocenters. The van der Waals surface area contributed by atoms with Crippen molar-refractivity contribution < 1.29 is 18.0 Å². The lowest BCUT2D eigenvalue weighted by Crippen LogP contribution is -2.46. The van der Waals surface area contributed by atoms with Gasteiger partial charge in [-0.05, 0) is 63.5 Å². The molecule has 1 aliphatic heterocycles. The topological polar surface area (TPSA) is 70.5 Å². The van der Waals surface area contributed by atoms with Gasteiger partial charge in [0, 0.05) is 32.7 Å². The SMILES string of the molecule is CCN1CCN(CCCNC(=O)C(C)n2c(=O)c(C(F)(F)F)nc3cc(C)c(C)cc32)CC1. The summed E-state index contributed by atoms with van der Waals surface area (Å²) < 4.78 is 41.4. The normalized spacial score (nSPS) is 16.8. The van der Waals surface area contributed by atoms with Gasteiger partial charge in [-0.25, -0.2) is 4.98 Å². The van der Waals surface area contributed by atoms with Gasteiger partial charge in [-0.2, -0.15) is 13.2 Å². The summed E-state index contributed by atoms with van der Waals surface area (Å²) in [7, 11) is 0. The molecule has 0 radical (unpaired) electrons. The summed E-state index contributed by atoms with van der Waals surface area (Å²) in [6.07, 6.45) is -4.19. The molecule has 182 valence electrons. The summed E-state index contributed by atoms with van der Waals surface area (Å²) in [5, 5.41) is 2.78. The van der Waals surface area contributed by atoms with Crippen LogP contribution in [0.15, 0.2) is 16.9 Å².